The Hall–Kier alpha value is -2.70. The monoisotopic (exact) mass is 880 g/mol. The smallest absolute Gasteiger partial charge is 0.306 e. The molecule has 0 heterocycles. The lowest BCUT2D eigenvalue weighted by molar-refractivity contribution is -0.151. The molecule has 364 valence electrons. The van der Waals surface area contributed by atoms with Gasteiger partial charge in [-0.2, -0.15) is 0 Å². The summed E-state index contributed by atoms with van der Waals surface area (Å²) in [5, 5.41) is 23.8. The van der Waals surface area contributed by atoms with Crippen LogP contribution in [0.3, 0.4) is 0 Å². The zero-order chi connectivity index (χ0) is 45.9. The molecule has 0 aliphatic rings. The minimum Gasteiger partial charge on any atom is -0.462 e. The molecule has 0 aliphatic heterocycles. The van der Waals surface area contributed by atoms with Crippen LogP contribution < -0.4 is 5.32 Å². The minimum atomic E-state index is -0.802. The number of aliphatic hydroxyl groups excluding tert-OH is 2. The fraction of sp³-hybridized carbons (Fsp3) is 0.754. The molecule has 6 nitrogen and oxygen atoms in total. The first-order chi connectivity index (χ1) is 31.0. The first kappa shape index (κ1) is 60.3. The molecule has 0 aromatic rings. The predicted molar refractivity (Wildman–Crippen MR) is 273 cm³/mol. The molecule has 0 bridgehead atoms. The molecule has 0 aliphatic carbocycles. The molecular weight excluding hydrogens is 779 g/mol. The Balaban J connectivity index is 4.68. The number of hydrogen-bond donors (Lipinski definition) is 3. The Morgan fingerprint density at radius 2 is 0.921 bits per heavy atom. The van der Waals surface area contributed by atoms with Crippen molar-refractivity contribution in [2.24, 2.45) is 0 Å². The standard InChI is InChI=1S/C57H101NO5/c1-4-7-10-13-16-19-22-25-27-29-31-33-36-39-42-45-48-53(63-57(62)50-47-44-41-38-35-32-30-28-26-23-20-17-14-11-8-5-2)51-56(61)58-54(52-59)55(60)49-46-43-40-37-34-24-21-18-15-12-9-6-3/h8,11,17,20,22,25-29,31,33,53-55,59-60H,4-7,9-10,12-16,18-19,21,23-24,30,32,34-52H2,1-3H3,(H,58,61)/b11-8+,20-17+,25-22+,28-26+,29-27+,33-31+. The van der Waals surface area contributed by atoms with E-state index in [0.29, 0.717) is 19.3 Å². The molecule has 63 heavy (non-hydrogen) atoms. The van der Waals surface area contributed by atoms with Gasteiger partial charge in [-0.05, 0) is 83.5 Å². The van der Waals surface area contributed by atoms with Crippen LogP contribution in [0.15, 0.2) is 72.9 Å². The molecule has 0 aromatic heterocycles. The Kier molecular flexibility index (Phi) is 48.1. The predicted octanol–water partition coefficient (Wildman–Crippen LogP) is 16.2. The second kappa shape index (κ2) is 50.3. The molecular formula is C57H101NO5. The topological polar surface area (TPSA) is 95.9 Å². The van der Waals surface area contributed by atoms with Crippen molar-refractivity contribution in [3.05, 3.63) is 72.9 Å². The van der Waals surface area contributed by atoms with E-state index in [1.807, 2.05) is 0 Å². The number of amides is 1. The SMILES string of the molecule is CC/C=C/C/C=C/C/C=C/CCCCCCCCC(=O)OC(CCCCC/C=C/C=C/C=C/CCCCCCC)CC(=O)NC(CO)C(O)CCCCCCCCCCCCCC. The van der Waals surface area contributed by atoms with E-state index < -0.39 is 18.2 Å². The van der Waals surface area contributed by atoms with Gasteiger partial charge in [0.15, 0.2) is 0 Å². The second-order valence-corrected chi connectivity index (χ2v) is 18.0. The molecule has 6 heteroatoms. The van der Waals surface area contributed by atoms with Gasteiger partial charge in [-0.3, -0.25) is 9.59 Å². The first-order valence-electron chi connectivity index (χ1n) is 26.7. The zero-order valence-electron chi connectivity index (χ0n) is 41.4. The quantitative estimate of drug-likeness (QED) is 0.0245. The van der Waals surface area contributed by atoms with Crippen molar-refractivity contribution in [3.63, 3.8) is 0 Å². The van der Waals surface area contributed by atoms with Gasteiger partial charge in [0.1, 0.15) is 6.10 Å². The van der Waals surface area contributed by atoms with Gasteiger partial charge >= 0.3 is 5.97 Å². The van der Waals surface area contributed by atoms with Gasteiger partial charge in [0.25, 0.3) is 0 Å². The number of carbonyl (C=O) groups excluding carboxylic acids is 2. The van der Waals surface area contributed by atoms with Crippen LogP contribution >= 0.6 is 0 Å². The van der Waals surface area contributed by atoms with Crippen LogP contribution in [0, 0.1) is 0 Å². The molecule has 3 N–H and O–H groups in total. The average molecular weight is 880 g/mol. The summed E-state index contributed by atoms with van der Waals surface area (Å²) in [5.41, 5.74) is 0. The van der Waals surface area contributed by atoms with E-state index in [0.717, 1.165) is 96.3 Å². The molecule has 1 amide bonds. The van der Waals surface area contributed by atoms with E-state index in [-0.39, 0.29) is 24.9 Å². The van der Waals surface area contributed by atoms with E-state index in [2.05, 4.69) is 99.0 Å². The van der Waals surface area contributed by atoms with Crippen molar-refractivity contribution < 1.29 is 24.5 Å². The number of rotatable bonds is 47. The Morgan fingerprint density at radius 3 is 1.44 bits per heavy atom. The maximum atomic E-state index is 13.2. The van der Waals surface area contributed by atoms with Gasteiger partial charge in [-0.1, -0.05) is 229 Å². The maximum Gasteiger partial charge on any atom is 0.306 e. The molecule has 0 saturated heterocycles. The van der Waals surface area contributed by atoms with Gasteiger partial charge < -0.3 is 20.3 Å². The average Bonchev–Trinajstić information content (AvgIpc) is 3.28. The summed E-state index contributed by atoms with van der Waals surface area (Å²) in [6.07, 6.45) is 63.8. The lowest BCUT2D eigenvalue weighted by Crippen LogP contribution is -2.46. The van der Waals surface area contributed by atoms with Gasteiger partial charge in [0.05, 0.1) is 25.2 Å². The van der Waals surface area contributed by atoms with E-state index in [9.17, 15) is 19.8 Å². The highest BCUT2D eigenvalue weighted by molar-refractivity contribution is 5.77. The lowest BCUT2D eigenvalue weighted by atomic mass is 10.0. The van der Waals surface area contributed by atoms with Gasteiger partial charge in [-0.15, -0.1) is 0 Å². The van der Waals surface area contributed by atoms with Gasteiger partial charge in [-0.25, -0.2) is 0 Å². The van der Waals surface area contributed by atoms with E-state index in [1.165, 1.54) is 109 Å². The van der Waals surface area contributed by atoms with Crippen LogP contribution in [0.2, 0.25) is 0 Å². The highest BCUT2D eigenvalue weighted by Crippen LogP contribution is 2.17. The molecule has 0 aromatic carbocycles. The third-order valence-corrected chi connectivity index (χ3v) is 11.8. The van der Waals surface area contributed by atoms with Crippen LogP contribution in [0.25, 0.3) is 0 Å². The van der Waals surface area contributed by atoms with E-state index in [4.69, 9.17) is 4.74 Å². The van der Waals surface area contributed by atoms with Crippen molar-refractivity contribution in [2.75, 3.05) is 6.61 Å². The van der Waals surface area contributed by atoms with Crippen molar-refractivity contribution in [1.82, 2.24) is 5.32 Å². The minimum absolute atomic E-state index is 0.0472. The van der Waals surface area contributed by atoms with Gasteiger partial charge in [0, 0.05) is 6.42 Å². The Bertz CT molecular complexity index is 1170. The molecule has 3 atom stereocenters. The van der Waals surface area contributed by atoms with Crippen molar-refractivity contribution in [1.29, 1.82) is 0 Å². The highest BCUT2D eigenvalue weighted by Gasteiger charge is 2.24. The summed E-state index contributed by atoms with van der Waals surface area (Å²) in [5.74, 6) is -0.522. The number of esters is 1. The van der Waals surface area contributed by atoms with Crippen LogP contribution in [0.4, 0.5) is 0 Å². The van der Waals surface area contributed by atoms with Crippen molar-refractivity contribution in [3.8, 4) is 0 Å². The van der Waals surface area contributed by atoms with Crippen LogP contribution in [0.1, 0.15) is 252 Å². The third kappa shape index (κ3) is 45.7. The Labute approximate surface area is 390 Å². The molecule has 0 rings (SSSR count). The van der Waals surface area contributed by atoms with E-state index >= 15 is 0 Å². The normalized spacial score (nSPS) is 13.8. The van der Waals surface area contributed by atoms with Crippen molar-refractivity contribution >= 4 is 11.9 Å². The van der Waals surface area contributed by atoms with Crippen molar-refractivity contribution in [2.45, 2.75) is 270 Å². The van der Waals surface area contributed by atoms with E-state index in [1.54, 1.807) is 0 Å². The number of unbranched alkanes of at least 4 members (excludes halogenated alkanes) is 25. The number of allylic oxidation sites excluding steroid dienone is 12. The number of carbonyl (C=O) groups is 2. The fourth-order valence-electron chi connectivity index (χ4n) is 7.80. The van der Waals surface area contributed by atoms with Gasteiger partial charge in [0.2, 0.25) is 5.91 Å². The lowest BCUT2D eigenvalue weighted by Gasteiger charge is -2.24. The molecule has 3 unspecified atom stereocenters. The summed E-state index contributed by atoms with van der Waals surface area (Å²) in [7, 11) is 0. The summed E-state index contributed by atoms with van der Waals surface area (Å²) in [4.78, 5) is 26.2. The molecule has 0 spiro atoms. The zero-order valence-corrected chi connectivity index (χ0v) is 41.4. The van der Waals surface area contributed by atoms with Crippen LogP contribution in [0.5, 0.6) is 0 Å². The highest BCUT2D eigenvalue weighted by atomic mass is 16.5. The third-order valence-electron chi connectivity index (χ3n) is 11.8. The number of ether oxygens (including phenoxy) is 1. The Morgan fingerprint density at radius 1 is 0.492 bits per heavy atom. The largest absolute Gasteiger partial charge is 0.462 e. The van der Waals surface area contributed by atoms with Crippen LogP contribution in [-0.4, -0.2) is 46.9 Å². The summed E-state index contributed by atoms with van der Waals surface area (Å²) in [6.45, 7) is 6.34. The first-order valence-corrected chi connectivity index (χ1v) is 26.7. The summed E-state index contributed by atoms with van der Waals surface area (Å²) >= 11 is 0. The fourth-order valence-corrected chi connectivity index (χ4v) is 7.80. The van der Waals surface area contributed by atoms with Crippen LogP contribution in [-0.2, 0) is 14.3 Å². The number of nitrogens with one attached hydrogen (secondary N) is 1. The summed E-state index contributed by atoms with van der Waals surface area (Å²) < 4.78 is 5.92. The summed E-state index contributed by atoms with van der Waals surface area (Å²) in [6, 6.07) is -0.718. The number of hydrogen-bond acceptors (Lipinski definition) is 5. The maximum absolute atomic E-state index is 13.2. The second-order valence-electron chi connectivity index (χ2n) is 18.0. The molecule has 0 fully saturated rings. The number of aliphatic hydroxyl groups is 2. The molecule has 0 saturated carbocycles. The molecule has 0 radical (unpaired) electrons.